The van der Waals surface area contributed by atoms with E-state index in [2.05, 4.69) is 0 Å². The molecule has 0 radical (unpaired) electrons. The Morgan fingerprint density at radius 2 is 1.90 bits per heavy atom. The van der Waals surface area contributed by atoms with Crippen LogP contribution < -0.4 is 0 Å². The lowest BCUT2D eigenvalue weighted by atomic mass is 9.80. The summed E-state index contributed by atoms with van der Waals surface area (Å²) in [7, 11) is 1.60. The van der Waals surface area contributed by atoms with Crippen LogP contribution in [-0.2, 0) is 16.1 Å². The van der Waals surface area contributed by atoms with Crippen molar-refractivity contribution in [1.29, 1.82) is 0 Å². The van der Waals surface area contributed by atoms with E-state index in [1.54, 1.807) is 25.0 Å². The van der Waals surface area contributed by atoms with Crippen molar-refractivity contribution in [3.8, 4) is 0 Å². The molecule has 0 saturated carbocycles. The Morgan fingerprint density at radius 3 is 2.48 bits per heavy atom. The quantitative estimate of drug-likeness (QED) is 0.923. The normalized spacial score (nSPS) is 17.5. The van der Waals surface area contributed by atoms with E-state index >= 15 is 0 Å². The Hall–Kier alpha value is -1.88. The van der Waals surface area contributed by atoms with Gasteiger partial charge < -0.3 is 14.7 Å². The van der Waals surface area contributed by atoms with E-state index in [0.717, 1.165) is 5.56 Å². The molecular weight excluding hydrogens is 270 g/mol. The van der Waals surface area contributed by atoms with Crippen molar-refractivity contribution in [3.05, 3.63) is 35.4 Å². The number of carbonyl (C=O) groups is 2. The van der Waals surface area contributed by atoms with Crippen molar-refractivity contribution in [2.45, 2.75) is 26.4 Å². The van der Waals surface area contributed by atoms with Crippen molar-refractivity contribution in [3.63, 3.8) is 0 Å². The molecule has 0 aromatic heterocycles. The van der Waals surface area contributed by atoms with Crippen molar-refractivity contribution < 1.29 is 19.4 Å². The Balaban J connectivity index is 2.11. The number of nitrogens with zero attached hydrogens (tertiary/aromatic N) is 1. The number of hydrogen-bond acceptors (Lipinski definition) is 3. The van der Waals surface area contributed by atoms with E-state index in [-0.39, 0.29) is 5.91 Å². The highest BCUT2D eigenvalue weighted by molar-refractivity contribution is 5.95. The maximum atomic E-state index is 12.6. The molecule has 2 rings (SSSR count). The molecule has 1 aliphatic rings. The number of carboxylic acids is 1. The molecule has 1 aromatic carbocycles. The molecule has 0 spiro atoms. The lowest BCUT2D eigenvalue weighted by molar-refractivity contribution is -0.150. The van der Waals surface area contributed by atoms with Gasteiger partial charge in [-0.15, -0.1) is 0 Å². The smallest absolute Gasteiger partial charge is 0.309 e. The molecule has 0 bridgehead atoms. The maximum Gasteiger partial charge on any atom is 0.309 e. The largest absolute Gasteiger partial charge is 0.481 e. The van der Waals surface area contributed by atoms with Crippen LogP contribution in [0.5, 0.6) is 0 Å². The van der Waals surface area contributed by atoms with Crippen molar-refractivity contribution in [1.82, 2.24) is 4.90 Å². The van der Waals surface area contributed by atoms with Gasteiger partial charge in [0.25, 0.3) is 5.91 Å². The molecule has 5 nitrogen and oxygen atoms in total. The van der Waals surface area contributed by atoms with E-state index in [4.69, 9.17) is 4.74 Å². The van der Waals surface area contributed by atoms with Crippen LogP contribution in [0, 0.1) is 5.41 Å². The molecule has 1 N–H and O–H groups in total. The summed E-state index contributed by atoms with van der Waals surface area (Å²) < 4.78 is 5.12. The number of aliphatic carboxylic acids is 1. The third-order valence-corrected chi connectivity index (χ3v) is 4.22. The van der Waals surface area contributed by atoms with E-state index in [1.165, 1.54) is 0 Å². The second-order valence-corrected chi connectivity index (χ2v) is 5.75. The van der Waals surface area contributed by atoms with Crippen molar-refractivity contribution >= 4 is 11.9 Å². The van der Waals surface area contributed by atoms with Crippen LogP contribution >= 0.6 is 0 Å². The Labute approximate surface area is 124 Å². The van der Waals surface area contributed by atoms with Crippen LogP contribution in [0.1, 0.15) is 35.7 Å². The lowest BCUT2D eigenvalue weighted by Gasteiger charge is -2.36. The van der Waals surface area contributed by atoms with E-state index in [9.17, 15) is 14.7 Å². The fourth-order valence-electron chi connectivity index (χ4n) is 2.60. The fourth-order valence-corrected chi connectivity index (χ4v) is 2.60. The average molecular weight is 291 g/mol. The number of ether oxygens (including phenoxy) is 1. The zero-order valence-corrected chi connectivity index (χ0v) is 12.5. The zero-order valence-electron chi connectivity index (χ0n) is 12.5. The minimum Gasteiger partial charge on any atom is -0.481 e. The summed E-state index contributed by atoms with van der Waals surface area (Å²) in [6.45, 7) is 3.09. The minimum absolute atomic E-state index is 0.0462. The summed E-state index contributed by atoms with van der Waals surface area (Å²) in [5, 5.41) is 9.23. The third-order valence-electron chi connectivity index (χ3n) is 4.22. The summed E-state index contributed by atoms with van der Waals surface area (Å²) in [6, 6.07) is 7.38. The Bertz CT molecular complexity index is 533. The van der Waals surface area contributed by atoms with Crippen LogP contribution in [-0.4, -0.2) is 42.1 Å². The molecule has 1 aromatic rings. The van der Waals surface area contributed by atoms with Gasteiger partial charge in [-0.1, -0.05) is 18.2 Å². The average Bonchev–Trinajstić information content (AvgIpc) is 2.48. The summed E-state index contributed by atoms with van der Waals surface area (Å²) in [4.78, 5) is 25.6. The first-order valence-corrected chi connectivity index (χ1v) is 7.07. The number of benzene rings is 1. The van der Waals surface area contributed by atoms with Crippen LogP contribution in [0.15, 0.2) is 24.3 Å². The van der Waals surface area contributed by atoms with Gasteiger partial charge in [-0.2, -0.15) is 0 Å². The highest BCUT2D eigenvalue weighted by Gasteiger charge is 2.38. The molecule has 5 heteroatoms. The molecule has 1 amide bonds. The van der Waals surface area contributed by atoms with Crippen molar-refractivity contribution in [2.75, 3.05) is 20.2 Å². The molecule has 1 aliphatic heterocycles. The molecule has 1 saturated heterocycles. The van der Waals surface area contributed by atoms with Crippen LogP contribution in [0.2, 0.25) is 0 Å². The van der Waals surface area contributed by atoms with Crippen molar-refractivity contribution in [2.24, 2.45) is 5.41 Å². The van der Waals surface area contributed by atoms with Gasteiger partial charge in [-0.3, -0.25) is 9.59 Å². The highest BCUT2D eigenvalue weighted by atomic mass is 16.5. The predicted molar refractivity (Wildman–Crippen MR) is 78.0 cm³/mol. The summed E-state index contributed by atoms with van der Waals surface area (Å²) in [6.07, 6.45) is 0.973. The predicted octanol–water partition coefficient (Wildman–Crippen LogP) is 2.16. The van der Waals surface area contributed by atoms with Gasteiger partial charge in [0.05, 0.1) is 12.0 Å². The first-order chi connectivity index (χ1) is 9.98. The Morgan fingerprint density at radius 1 is 1.29 bits per heavy atom. The number of amides is 1. The van der Waals surface area contributed by atoms with Crippen LogP contribution in [0.25, 0.3) is 0 Å². The second-order valence-electron chi connectivity index (χ2n) is 5.75. The molecule has 1 fully saturated rings. The van der Waals surface area contributed by atoms with Crippen LogP contribution in [0.3, 0.4) is 0 Å². The standard InChI is InChI=1S/C16H21NO4/c1-16(15(19)20)7-9-17(10-8-16)14(18)13-6-4-3-5-12(13)11-21-2/h3-6H,7-11H2,1-2H3,(H,19,20). The Kier molecular flexibility index (Phi) is 4.63. The molecule has 1 heterocycles. The lowest BCUT2D eigenvalue weighted by Crippen LogP contribution is -2.45. The number of carboxylic acid groups (broad SMARTS) is 1. The van der Waals surface area contributed by atoms with Gasteiger partial charge in [-0.05, 0) is 31.4 Å². The van der Waals surface area contributed by atoms with Gasteiger partial charge in [-0.25, -0.2) is 0 Å². The highest BCUT2D eigenvalue weighted by Crippen LogP contribution is 2.31. The maximum absolute atomic E-state index is 12.6. The topological polar surface area (TPSA) is 66.8 Å². The summed E-state index contributed by atoms with van der Waals surface area (Å²) >= 11 is 0. The van der Waals surface area contributed by atoms with Gasteiger partial charge in [0.2, 0.25) is 0 Å². The second kappa shape index (κ2) is 6.26. The van der Waals surface area contributed by atoms with E-state index in [0.29, 0.717) is 38.1 Å². The van der Waals surface area contributed by atoms with E-state index < -0.39 is 11.4 Å². The monoisotopic (exact) mass is 291 g/mol. The SMILES string of the molecule is COCc1ccccc1C(=O)N1CCC(C)(C(=O)O)CC1. The molecule has 0 atom stereocenters. The number of methoxy groups -OCH3 is 1. The minimum atomic E-state index is -0.783. The molecule has 114 valence electrons. The number of rotatable bonds is 4. The molecule has 0 aliphatic carbocycles. The van der Waals surface area contributed by atoms with Crippen LogP contribution in [0.4, 0.5) is 0 Å². The van der Waals surface area contributed by atoms with Gasteiger partial charge in [0.1, 0.15) is 0 Å². The third kappa shape index (κ3) is 3.24. The van der Waals surface area contributed by atoms with Gasteiger partial charge in [0.15, 0.2) is 0 Å². The first kappa shape index (κ1) is 15.5. The zero-order chi connectivity index (χ0) is 15.5. The van der Waals surface area contributed by atoms with Gasteiger partial charge >= 0.3 is 5.97 Å². The molecule has 0 unspecified atom stereocenters. The fraction of sp³-hybridized carbons (Fsp3) is 0.500. The number of carbonyl (C=O) groups excluding carboxylic acids is 1. The summed E-state index contributed by atoms with van der Waals surface area (Å²) in [5.74, 6) is -0.829. The van der Waals surface area contributed by atoms with E-state index in [1.807, 2.05) is 18.2 Å². The molecular formula is C16H21NO4. The van der Waals surface area contributed by atoms with Gasteiger partial charge in [0, 0.05) is 25.8 Å². The molecule has 21 heavy (non-hydrogen) atoms. The number of hydrogen-bond donors (Lipinski definition) is 1. The first-order valence-electron chi connectivity index (χ1n) is 7.07. The summed E-state index contributed by atoms with van der Waals surface area (Å²) in [5.41, 5.74) is 0.776. The number of piperidine rings is 1. The number of likely N-dealkylation sites (tertiary alicyclic amines) is 1.